The molecule has 1 heterocycles. The number of hydrogen-bond donors (Lipinski definition) is 1. The molecule has 2 aromatic rings. The van der Waals surface area contributed by atoms with Gasteiger partial charge in [0, 0.05) is 33.3 Å². The Bertz CT molecular complexity index is 766. The number of benzene rings is 1. The average molecular weight is 367 g/mol. The lowest BCUT2D eigenvalue weighted by Crippen LogP contribution is -2.17. The summed E-state index contributed by atoms with van der Waals surface area (Å²) in [7, 11) is 1.83. The van der Waals surface area contributed by atoms with E-state index in [2.05, 4.69) is 17.0 Å². The van der Waals surface area contributed by atoms with Crippen molar-refractivity contribution in [1.82, 2.24) is 15.1 Å². The van der Waals surface area contributed by atoms with Crippen molar-refractivity contribution in [3.8, 4) is 0 Å². The molecule has 6 heteroatoms. The third-order valence-electron chi connectivity index (χ3n) is 4.32. The maximum atomic E-state index is 13.4. The molecule has 144 valence electrons. The fourth-order valence-corrected chi connectivity index (χ4v) is 3.20. The first kappa shape index (κ1) is 20.2. The van der Waals surface area contributed by atoms with E-state index in [0.717, 1.165) is 24.0 Å². The molecule has 0 amide bonds. The van der Waals surface area contributed by atoms with Gasteiger partial charge in [-0.3, -0.25) is 4.68 Å². The first-order valence-electron chi connectivity index (χ1n) is 8.94. The van der Waals surface area contributed by atoms with Crippen LogP contribution in [0.5, 0.6) is 0 Å². The second-order valence-electron chi connectivity index (χ2n) is 6.25. The third-order valence-corrected chi connectivity index (χ3v) is 4.32. The zero-order chi connectivity index (χ0) is 19.3. The van der Waals surface area contributed by atoms with E-state index in [1.165, 1.54) is 6.07 Å². The second kappa shape index (κ2) is 8.54. The maximum absolute atomic E-state index is 13.4. The molecular weight excluding hydrogens is 339 g/mol. The second-order valence-corrected chi connectivity index (χ2v) is 6.25. The summed E-state index contributed by atoms with van der Waals surface area (Å²) in [5.41, 5.74) is 2.99. The van der Waals surface area contributed by atoms with Crippen molar-refractivity contribution in [3.63, 3.8) is 0 Å². The number of nitrogens with one attached hydrogen (secondary N) is 1. The number of rotatable bonds is 4. The molecule has 0 saturated carbocycles. The number of allylic oxidation sites excluding steroid dienone is 1. The molecule has 0 aliphatic heterocycles. The van der Waals surface area contributed by atoms with Gasteiger partial charge in [-0.05, 0) is 53.7 Å². The Hall–Kier alpha value is -2.08. The van der Waals surface area contributed by atoms with E-state index in [4.69, 9.17) is 0 Å². The normalized spacial score (nSPS) is 13.8. The van der Waals surface area contributed by atoms with Crippen molar-refractivity contribution in [2.45, 2.75) is 52.4 Å². The highest BCUT2D eigenvalue weighted by atomic mass is 19.4. The van der Waals surface area contributed by atoms with Crippen LogP contribution in [-0.2, 0) is 32.7 Å². The van der Waals surface area contributed by atoms with E-state index in [9.17, 15) is 13.2 Å². The summed E-state index contributed by atoms with van der Waals surface area (Å²) < 4.78 is 41.9. The molecule has 26 heavy (non-hydrogen) atoms. The number of halogens is 3. The zero-order valence-electron chi connectivity index (χ0n) is 15.6. The number of alkyl halides is 3. The van der Waals surface area contributed by atoms with Crippen LogP contribution < -0.4 is 5.32 Å². The molecule has 1 aliphatic carbocycles. The fraction of sp³-hybridized carbons (Fsp3) is 0.450. The zero-order valence-corrected chi connectivity index (χ0v) is 15.6. The maximum Gasteiger partial charge on any atom is 0.416 e. The van der Waals surface area contributed by atoms with E-state index in [1.54, 1.807) is 10.9 Å². The largest absolute Gasteiger partial charge is 0.416 e. The van der Waals surface area contributed by atoms with E-state index in [0.29, 0.717) is 36.2 Å². The van der Waals surface area contributed by atoms with Crippen LogP contribution in [-0.4, -0.2) is 9.78 Å². The minimum Gasteiger partial charge on any atom is -0.309 e. The Morgan fingerprint density at radius 2 is 1.88 bits per heavy atom. The number of aromatic nitrogens is 2. The number of fused-ring (bicyclic) bond motifs is 1. The summed E-state index contributed by atoms with van der Waals surface area (Å²) in [6, 6.07) is 3.12. The average Bonchev–Trinajstić information content (AvgIpc) is 3.01. The molecule has 0 bridgehead atoms. The van der Waals surface area contributed by atoms with Crippen LogP contribution >= 0.6 is 0 Å². The van der Waals surface area contributed by atoms with E-state index in [-0.39, 0.29) is 1.43 Å². The van der Waals surface area contributed by atoms with Gasteiger partial charge in [-0.1, -0.05) is 20.4 Å². The van der Waals surface area contributed by atoms with Crippen LogP contribution in [0.1, 0.15) is 55.9 Å². The van der Waals surface area contributed by atoms with Gasteiger partial charge in [0.05, 0.1) is 11.8 Å². The van der Waals surface area contributed by atoms with Crippen molar-refractivity contribution in [3.05, 3.63) is 58.9 Å². The van der Waals surface area contributed by atoms with Crippen LogP contribution in [0, 0.1) is 0 Å². The predicted octanol–water partition coefficient (Wildman–Crippen LogP) is 5.35. The fourth-order valence-electron chi connectivity index (χ4n) is 3.20. The highest BCUT2D eigenvalue weighted by Gasteiger charge is 2.35. The smallest absolute Gasteiger partial charge is 0.309 e. The van der Waals surface area contributed by atoms with Crippen molar-refractivity contribution in [1.29, 1.82) is 0 Å². The molecule has 0 radical (unpaired) electrons. The molecule has 1 aromatic carbocycles. The van der Waals surface area contributed by atoms with Gasteiger partial charge in [0.2, 0.25) is 0 Å². The Labute approximate surface area is 154 Å². The first-order valence-corrected chi connectivity index (χ1v) is 8.94. The molecule has 0 fully saturated rings. The van der Waals surface area contributed by atoms with Crippen LogP contribution in [0.25, 0.3) is 5.57 Å². The summed E-state index contributed by atoms with van der Waals surface area (Å²) in [6.07, 6.45) is 1.24. The topological polar surface area (TPSA) is 29.9 Å². The molecule has 1 N–H and O–H groups in total. The van der Waals surface area contributed by atoms with Crippen molar-refractivity contribution in [2.75, 3.05) is 0 Å². The van der Waals surface area contributed by atoms with Gasteiger partial charge in [-0.15, -0.1) is 0 Å². The minimum absolute atomic E-state index is 0. The van der Waals surface area contributed by atoms with Gasteiger partial charge in [0.25, 0.3) is 0 Å². The van der Waals surface area contributed by atoms with Crippen LogP contribution in [0.3, 0.4) is 0 Å². The highest BCUT2D eigenvalue weighted by Crippen LogP contribution is 2.40. The van der Waals surface area contributed by atoms with Gasteiger partial charge >= 0.3 is 6.18 Å². The van der Waals surface area contributed by atoms with Gasteiger partial charge in [-0.2, -0.15) is 18.3 Å². The van der Waals surface area contributed by atoms with Gasteiger partial charge in [-0.25, -0.2) is 0 Å². The van der Waals surface area contributed by atoms with Crippen LogP contribution in [0.4, 0.5) is 13.2 Å². The predicted molar refractivity (Wildman–Crippen MR) is 101 cm³/mol. The summed E-state index contributed by atoms with van der Waals surface area (Å²) in [6.45, 7) is 8.89. The van der Waals surface area contributed by atoms with E-state index >= 15 is 0 Å². The first-order chi connectivity index (χ1) is 12.3. The van der Waals surface area contributed by atoms with Crippen molar-refractivity contribution >= 4 is 5.57 Å². The molecule has 0 unspecified atom stereocenters. The van der Waals surface area contributed by atoms with Crippen molar-refractivity contribution in [2.24, 2.45) is 7.05 Å². The molecule has 3 rings (SSSR count). The lowest BCUT2D eigenvalue weighted by atomic mass is 9.84. The van der Waals surface area contributed by atoms with Crippen molar-refractivity contribution < 1.29 is 14.6 Å². The van der Waals surface area contributed by atoms with Gasteiger partial charge in [0.1, 0.15) is 0 Å². The number of aryl methyl sites for hydroxylation is 1. The Morgan fingerprint density at radius 1 is 1.19 bits per heavy atom. The summed E-state index contributed by atoms with van der Waals surface area (Å²) >= 11 is 0. The minimum atomic E-state index is -4.33. The Balaban J connectivity index is 0.00000118. The Morgan fingerprint density at radius 3 is 2.50 bits per heavy atom. The number of hydrogen-bond acceptors (Lipinski definition) is 2. The molecule has 0 spiro atoms. The highest BCUT2D eigenvalue weighted by molar-refractivity contribution is 5.70. The third kappa shape index (κ3) is 4.75. The standard InChI is InChI=1S/C18H20F3N3.C2H6.H2/c1-12-4-3-5-15-16(12)6-13(7-17(15)18(19,20)21)8-22-9-14-10-23-24(2)11-14;1-2;/h6-7,10-11,22H,1,3-5,8-9H2,2H3;1-2H3;1H. The van der Waals surface area contributed by atoms with Crippen LogP contribution in [0.15, 0.2) is 31.1 Å². The lowest BCUT2D eigenvalue weighted by molar-refractivity contribution is -0.138. The number of nitrogens with zero attached hydrogens (tertiary/aromatic N) is 2. The van der Waals surface area contributed by atoms with Crippen LogP contribution in [0.2, 0.25) is 0 Å². The van der Waals surface area contributed by atoms with E-state index in [1.807, 2.05) is 33.2 Å². The lowest BCUT2D eigenvalue weighted by Gasteiger charge is -2.24. The molecule has 3 nitrogen and oxygen atoms in total. The monoisotopic (exact) mass is 367 g/mol. The molecule has 1 aliphatic rings. The van der Waals surface area contributed by atoms with Gasteiger partial charge in [0.15, 0.2) is 0 Å². The summed E-state index contributed by atoms with van der Waals surface area (Å²) in [5, 5.41) is 7.25. The molecule has 1 aromatic heterocycles. The molecule has 0 saturated heterocycles. The quantitative estimate of drug-likeness (QED) is 0.789. The molecule has 0 atom stereocenters. The summed E-state index contributed by atoms with van der Waals surface area (Å²) in [4.78, 5) is 0. The van der Waals surface area contributed by atoms with Gasteiger partial charge < -0.3 is 5.32 Å². The Kier molecular flexibility index (Phi) is 6.64. The van der Waals surface area contributed by atoms with E-state index < -0.39 is 11.7 Å². The SMILES string of the molecule is C=C1CCCc2c1cc(CNCc1cnn(C)c1)cc2C(F)(F)F.CC.[HH]. The summed E-state index contributed by atoms with van der Waals surface area (Å²) in [5.74, 6) is 0. The molecular formula is C20H28F3N3.